The van der Waals surface area contributed by atoms with Crippen molar-refractivity contribution in [3.63, 3.8) is 0 Å². The van der Waals surface area contributed by atoms with Gasteiger partial charge in [-0.25, -0.2) is 4.79 Å². The molecule has 0 aliphatic rings. The van der Waals surface area contributed by atoms with E-state index in [1.165, 1.54) is 25.3 Å². The highest BCUT2D eigenvalue weighted by molar-refractivity contribution is 5.89. The maximum Gasteiger partial charge on any atom is 0.337 e. The highest BCUT2D eigenvalue weighted by Crippen LogP contribution is 2.24. The lowest BCUT2D eigenvalue weighted by Crippen LogP contribution is -2.32. The predicted molar refractivity (Wildman–Crippen MR) is 93.7 cm³/mol. The highest BCUT2D eigenvalue weighted by Gasteiger charge is 2.12. The average molecular weight is 345 g/mol. The van der Waals surface area contributed by atoms with Crippen LogP contribution in [-0.4, -0.2) is 41.0 Å². The first kappa shape index (κ1) is 18.8. The van der Waals surface area contributed by atoms with Crippen LogP contribution in [0.15, 0.2) is 42.5 Å². The van der Waals surface area contributed by atoms with Gasteiger partial charge in [-0.2, -0.15) is 0 Å². The van der Waals surface area contributed by atoms with Crippen LogP contribution in [0.5, 0.6) is 11.5 Å². The molecule has 0 aliphatic heterocycles. The van der Waals surface area contributed by atoms with E-state index in [0.717, 1.165) is 12.0 Å². The first-order valence-electron chi connectivity index (χ1n) is 8.00. The minimum atomic E-state index is -0.845. The van der Waals surface area contributed by atoms with Crippen LogP contribution in [0.2, 0.25) is 0 Å². The van der Waals surface area contributed by atoms with E-state index in [0.29, 0.717) is 11.1 Å². The largest absolute Gasteiger partial charge is 0.508 e. The number of nitrogens with one attached hydrogen (secondary N) is 1. The number of hydrogen-bond acceptors (Lipinski definition) is 6. The lowest BCUT2D eigenvalue weighted by molar-refractivity contribution is 0.0600. The van der Waals surface area contributed by atoms with Crippen LogP contribution in [0.3, 0.4) is 0 Å². The third-order valence-electron chi connectivity index (χ3n) is 3.89. The molecule has 0 saturated carbocycles. The zero-order valence-electron chi connectivity index (χ0n) is 14.3. The normalized spacial score (nSPS) is 13.2. The summed E-state index contributed by atoms with van der Waals surface area (Å²) in [7, 11) is 1.35. The van der Waals surface area contributed by atoms with Crippen molar-refractivity contribution < 1.29 is 24.9 Å². The van der Waals surface area contributed by atoms with Gasteiger partial charge in [-0.05, 0) is 48.7 Å². The van der Waals surface area contributed by atoms with Crippen LogP contribution < -0.4 is 5.32 Å². The minimum Gasteiger partial charge on any atom is -0.508 e. The van der Waals surface area contributed by atoms with Crippen molar-refractivity contribution >= 4 is 5.97 Å². The summed E-state index contributed by atoms with van der Waals surface area (Å²) < 4.78 is 4.67. The molecule has 134 valence electrons. The Morgan fingerprint density at radius 3 is 2.28 bits per heavy atom. The summed E-state index contributed by atoms with van der Waals surface area (Å²) in [4.78, 5) is 11.4. The van der Waals surface area contributed by atoms with Crippen molar-refractivity contribution in [2.24, 2.45) is 0 Å². The van der Waals surface area contributed by atoms with Gasteiger partial charge in [0.05, 0.1) is 18.8 Å². The van der Waals surface area contributed by atoms with Crippen LogP contribution >= 0.6 is 0 Å². The molecule has 6 nitrogen and oxygen atoms in total. The minimum absolute atomic E-state index is 0.0875. The van der Waals surface area contributed by atoms with Crippen LogP contribution in [0.25, 0.3) is 0 Å². The maximum atomic E-state index is 11.4. The van der Waals surface area contributed by atoms with Gasteiger partial charge in [0.15, 0.2) is 0 Å². The number of esters is 1. The first-order valence-corrected chi connectivity index (χ1v) is 8.00. The summed E-state index contributed by atoms with van der Waals surface area (Å²) in [5, 5.41) is 32.3. The summed E-state index contributed by atoms with van der Waals surface area (Å²) in [5.74, 6) is -0.546. The van der Waals surface area contributed by atoms with E-state index in [-0.39, 0.29) is 30.1 Å². The van der Waals surface area contributed by atoms with E-state index < -0.39 is 6.10 Å². The second-order valence-corrected chi connectivity index (χ2v) is 6.00. The fraction of sp³-hybridized carbons (Fsp3) is 0.316. The molecule has 0 aliphatic carbocycles. The number of phenols is 2. The quantitative estimate of drug-likeness (QED) is 0.574. The summed E-state index contributed by atoms with van der Waals surface area (Å²) in [6.45, 7) is 2.27. The van der Waals surface area contributed by atoms with Gasteiger partial charge in [-0.1, -0.05) is 12.1 Å². The molecule has 0 spiro atoms. The molecule has 2 rings (SSSR count). The number of ether oxygens (including phenoxy) is 1. The first-order chi connectivity index (χ1) is 11.9. The average Bonchev–Trinajstić information content (AvgIpc) is 2.58. The van der Waals surface area contributed by atoms with E-state index in [4.69, 9.17) is 0 Å². The zero-order chi connectivity index (χ0) is 18.4. The second-order valence-electron chi connectivity index (χ2n) is 6.00. The van der Waals surface area contributed by atoms with Crippen LogP contribution in [0.1, 0.15) is 34.5 Å². The van der Waals surface area contributed by atoms with Gasteiger partial charge in [-0.15, -0.1) is 0 Å². The van der Waals surface area contributed by atoms with E-state index in [1.807, 2.05) is 19.1 Å². The molecular weight excluding hydrogens is 322 g/mol. The van der Waals surface area contributed by atoms with Crippen LogP contribution in [0, 0.1) is 0 Å². The van der Waals surface area contributed by atoms with Gasteiger partial charge in [0, 0.05) is 18.7 Å². The Bertz CT molecular complexity index is 694. The smallest absolute Gasteiger partial charge is 0.337 e. The predicted octanol–water partition coefficient (Wildman–Crippen LogP) is 2.14. The number of aliphatic hydroxyl groups is 1. The number of rotatable bonds is 7. The topological polar surface area (TPSA) is 99.0 Å². The third-order valence-corrected chi connectivity index (χ3v) is 3.89. The van der Waals surface area contributed by atoms with Crippen molar-refractivity contribution in [1.82, 2.24) is 5.32 Å². The molecule has 0 saturated heterocycles. The Labute approximate surface area is 146 Å². The zero-order valence-corrected chi connectivity index (χ0v) is 14.3. The van der Waals surface area contributed by atoms with Gasteiger partial charge in [0.2, 0.25) is 0 Å². The van der Waals surface area contributed by atoms with E-state index in [9.17, 15) is 20.1 Å². The number of aromatic hydroxyl groups is 2. The highest BCUT2D eigenvalue weighted by atomic mass is 16.5. The summed E-state index contributed by atoms with van der Waals surface area (Å²) in [6, 6.07) is 11.3. The molecule has 25 heavy (non-hydrogen) atoms. The molecule has 2 unspecified atom stereocenters. The van der Waals surface area contributed by atoms with Gasteiger partial charge >= 0.3 is 5.97 Å². The Morgan fingerprint density at radius 1 is 1.12 bits per heavy atom. The number of hydrogen-bond donors (Lipinski definition) is 4. The van der Waals surface area contributed by atoms with Gasteiger partial charge < -0.3 is 25.4 Å². The van der Waals surface area contributed by atoms with Crippen molar-refractivity contribution in [2.75, 3.05) is 13.7 Å². The fourth-order valence-electron chi connectivity index (χ4n) is 2.56. The van der Waals surface area contributed by atoms with Crippen molar-refractivity contribution in [3.05, 3.63) is 59.2 Å². The lowest BCUT2D eigenvalue weighted by atomic mass is 10.0. The Morgan fingerprint density at radius 2 is 1.72 bits per heavy atom. The molecule has 0 aromatic heterocycles. The van der Waals surface area contributed by atoms with E-state index in [2.05, 4.69) is 10.1 Å². The standard InChI is InChI=1S/C19H23NO5/c1-12(7-13-3-5-14(6-4-13)19(24)25-2)20-11-18(23)15-8-16(21)10-17(22)9-15/h3-6,8-10,12,18,20-23H,7,11H2,1-2H3. The summed E-state index contributed by atoms with van der Waals surface area (Å²) in [5.41, 5.74) is 2.00. The number of phenolic OH excluding ortho intramolecular Hbond substituents is 2. The lowest BCUT2D eigenvalue weighted by Gasteiger charge is -2.18. The molecule has 0 heterocycles. The molecule has 2 aromatic rings. The Hall–Kier alpha value is -2.57. The van der Waals surface area contributed by atoms with Crippen LogP contribution in [-0.2, 0) is 11.2 Å². The molecule has 0 amide bonds. The van der Waals surface area contributed by atoms with Crippen molar-refractivity contribution in [3.8, 4) is 11.5 Å². The molecule has 0 fully saturated rings. The van der Waals surface area contributed by atoms with Gasteiger partial charge in [0.25, 0.3) is 0 Å². The van der Waals surface area contributed by atoms with Crippen molar-refractivity contribution in [2.45, 2.75) is 25.5 Å². The molecular formula is C19H23NO5. The Balaban J connectivity index is 1.87. The number of methoxy groups -OCH3 is 1. The maximum absolute atomic E-state index is 11.4. The molecule has 0 radical (unpaired) electrons. The number of benzene rings is 2. The summed E-state index contributed by atoms with van der Waals surface area (Å²) >= 11 is 0. The molecule has 4 N–H and O–H groups in total. The number of carbonyl (C=O) groups is 1. The third kappa shape index (κ3) is 5.48. The van der Waals surface area contributed by atoms with E-state index >= 15 is 0 Å². The van der Waals surface area contributed by atoms with Gasteiger partial charge in [-0.3, -0.25) is 0 Å². The molecule has 2 atom stereocenters. The van der Waals surface area contributed by atoms with Crippen LogP contribution in [0.4, 0.5) is 0 Å². The second kappa shape index (κ2) is 8.50. The van der Waals surface area contributed by atoms with Crippen molar-refractivity contribution in [1.29, 1.82) is 0 Å². The summed E-state index contributed by atoms with van der Waals surface area (Å²) in [6.07, 6.45) is -0.124. The monoisotopic (exact) mass is 345 g/mol. The number of carbonyl (C=O) groups excluding carboxylic acids is 1. The van der Waals surface area contributed by atoms with E-state index in [1.54, 1.807) is 12.1 Å². The molecule has 0 bridgehead atoms. The van der Waals surface area contributed by atoms with Gasteiger partial charge in [0.1, 0.15) is 11.5 Å². The molecule has 6 heteroatoms. The molecule has 2 aromatic carbocycles. The number of aliphatic hydroxyl groups excluding tert-OH is 1. The fourth-order valence-corrected chi connectivity index (χ4v) is 2.56. The Kier molecular flexibility index (Phi) is 6.38. The SMILES string of the molecule is COC(=O)c1ccc(CC(C)NCC(O)c2cc(O)cc(O)c2)cc1.